The highest BCUT2D eigenvalue weighted by atomic mass is 127. The van der Waals surface area contributed by atoms with Crippen molar-refractivity contribution in [3.05, 3.63) is 86.5 Å². The van der Waals surface area contributed by atoms with Crippen LogP contribution in [-0.2, 0) is 16.2 Å². The van der Waals surface area contributed by atoms with E-state index in [9.17, 15) is 19.2 Å². The molecule has 0 radical (unpaired) electrons. The number of carbonyl (C=O) groups excluding carboxylic acids is 3. The van der Waals surface area contributed by atoms with Crippen molar-refractivity contribution in [2.75, 3.05) is 18.1 Å². The van der Waals surface area contributed by atoms with Gasteiger partial charge in [0.15, 0.2) is 11.5 Å². The predicted octanol–water partition coefficient (Wildman–Crippen LogP) is 5.03. The topological polar surface area (TPSA) is 131 Å². The molecule has 0 saturated carbocycles. The van der Waals surface area contributed by atoms with E-state index in [-0.39, 0.29) is 23.4 Å². The number of anilines is 1. The molecule has 11 heteroatoms. The molecule has 0 atom stereocenters. The molecule has 2 N–H and O–H groups in total. The monoisotopic (exact) mass is 656 g/mol. The zero-order chi connectivity index (χ0) is 28.8. The number of barbiturate groups is 1. The van der Waals surface area contributed by atoms with Gasteiger partial charge in [0.05, 0.1) is 28.0 Å². The minimum absolute atomic E-state index is 0.163. The Kier molecular flexibility index (Phi) is 9.04. The number of halogens is 1. The van der Waals surface area contributed by atoms with Gasteiger partial charge in [-0.05, 0) is 102 Å². The molecule has 0 aliphatic carbocycles. The summed E-state index contributed by atoms with van der Waals surface area (Å²) < 4.78 is 17.8. The molecule has 1 aliphatic rings. The number of nitrogens with zero attached hydrogens (tertiary/aromatic N) is 1. The molecule has 3 aromatic rings. The normalized spacial score (nSPS) is 14.2. The zero-order valence-corrected chi connectivity index (χ0v) is 23.8. The van der Waals surface area contributed by atoms with Crippen LogP contribution in [0.4, 0.5) is 10.5 Å². The van der Waals surface area contributed by atoms with Crippen molar-refractivity contribution < 1.29 is 38.5 Å². The van der Waals surface area contributed by atoms with Crippen LogP contribution in [0.2, 0.25) is 0 Å². The van der Waals surface area contributed by atoms with Gasteiger partial charge in [0, 0.05) is 0 Å². The van der Waals surface area contributed by atoms with Crippen LogP contribution in [-0.4, -0.2) is 42.1 Å². The van der Waals surface area contributed by atoms with Crippen molar-refractivity contribution in [1.29, 1.82) is 0 Å². The molecule has 1 saturated heterocycles. The molecule has 4 rings (SSSR count). The summed E-state index contributed by atoms with van der Waals surface area (Å²) in [5.74, 6) is -1.15. The van der Waals surface area contributed by atoms with Crippen LogP contribution in [0, 0.1) is 3.57 Å². The highest BCUT2D eigenvalue weighted by molar-refractivity contribution is 14.1. The van der Waals surface area contributed by atoms with Crippen molar-refractivity contribution in [3.8, 4) is 17.2 Å². The number of rotatable bonds is 10. The van der Waals surface area contributed by atoms with Gasteiger partial charge in [-0.1, -0.05) is 12.1 Å². The van der Waals surface area contributed by atoms with Crippen molar-refractivity contribution in [2.45, 2.75) is 20.5 Å². The second kappa shape index (κ2) is 12.6. The van der Waals surface area contributed by atoms with E-state index in [0.29, 0.717) is 39.6 Å². The third-order valence-electron chi connectivity index (χ3n) is 5.73. The molecule has 4 amide bonds. The Hall–Kier alpha value is -4.39. The second-order valence-corrected chi connectivity index (χ2v) is 9.60. The molecule has 1 aliphatic heterocycles. The van der Waals surface area contributed by atoms with Crippen molar-refractivity contribution in [3.63, 3.8) is 0 Å². The number of carboxylic acid groups (broad SMARTS) is 1. The Morgan fingerprint density at radius 3 is 2.25 bits per heavy atom. The maximum Gasteiger partial charge on any atom is 0.335 e. The first-order valence-corrected chi connectivity index (χ1v) is 13.3. The third kappa shape index (κ3) is 6.42. The average molecular weight is 656 g/mol. The Bertz CT molecular complexity index is 1480. The van der Waals surface area contributed by atoms with Gasteiger partial charge in [0.2, 0.25) is 0 Å². The summed E-state index contributed by atoms with van der Waals surface area (Å²) in [7, 11) is 0. The van der Waals surface area contributed by atoms with Gasteiger partial charge >= 0.3 is 12.0 Å². The number of benzene rings is 3. The fourth-order valence-corrected chi connectivity index (χ4v) is 4.67. The third-order valence-corrected chi connectivity index (χ3v) is 6.54. The van der Waals surface area contributed by atoms with Crippen LogP contribution < -0.4 is 24.4 Å². The summed E-state index contributed by atoms with van der Waals surface area (Å²) in [6, 6.07) is 15.2. The van der Waals surface area contributed by atoms with Crippen LogP contribution in [0.1, 0.15) is 35.3 Å². The number of urea groups is 1. The summed E-state index contributed by atoms with van der Waals surface area (Å²) in [4.78, 5) is 50.5. The van der Waals surface area contributed by atoms with Gasteiger partial charge in [0.25, 0.3) is 11.8 Å². The number of hydrogen-bond donors (Lipinski definition) is 2. The number of ether oxygens (including phenoxy) is 3. The minimum atomic E-state index is -1.01. The molecule has 0 aromatic heterocycles. The van der Waals surface area contributed by atoms with Gasteiger partial charge in [0.1, 0.15) is 17.9 Å². The van der Waals surface area contributed by atoms with E-state index in [4.69, 9.17) is 19.3 Å². The van der Waals surface area contributed by atoms with Crippen LogP contribution in [0.3, 0.4) is 0 Å². The molecule has 0 spiro atoms. The van der Waals surface area contributed by atoms with E-state index >= 15 is 0 Å². The summed E-state index contributed by atoms with van der Waals surface area (Å²) >= 11 is 2.07. The Morgan fingerprint density at radius 1 is 0.950 bits per heavy atom. The largest absolute Gasteiger partial charge is 0.494 e. The fourth-order valence-electron chi connectivity index (χ4n) is 3.89. The molecule has 3 aromatic carbocycles. The van der Waals surface area contributed by atoms with Gasteiger partial charge < -0.3 is 19.3 Å². The van der Waals surface area contributed by atoms with Gasteiger partial charge in [-0.15, -0.1) is 0 Å². The SMILES string of the molecule is CCOc1ccc(N2C(=O)NC(=O)/C(=C\c3cc(I)c(OCc4ccc(C(=O)O)cc4)c(OCC)c3)C2=O)cc1. The van der Waals surface area contributed by atoms with Gasteiger partial charge in [-0.3, -0.25) is 14.9 Å². The number of hydrogen-bond acceptors (Lipinski definition) is 7. The summed E-state index contributed by atoms with van der Waals surface area (Å²) in [6.45, 7) is 4.62. The zero-order valence-electron chi connectivity index (χ0n) is 21.6. The fraction of sp³-hybridized carbons (Fsp3) is 0.172. The van der Waals surface area contributed by atoms with E-state index in [0.717, 1.165) is 10.5 Å². The first kappa shape index (κ1) is 28.6. The maximum absolute atomic E-state index is 13.3. The van der Waals surface area contributed by atoms with E-state index in [2.05, 4.69) is 27.9 Å². The van der Waals surface area contributed by atoms with Crippen molar-refractivity contribution in [1.82, 2.24) is 5.32 Å². The van der Waals surface area contributed by atoms with E-state index in [1.807, 2.05) is 13.8 Å². The lowest BCUT2D eigenvalue weighted by atomic mass is 10.1. The molecule has 40 heavy (non-hydrogen) atoms. The van der Waals surface area contributed by atoms with E-state index < -0.39 is 23.8 Å². The highest BCUT2D eigenvalue weighted by Gasteiger charge is 2.37. The van der Waals surface area contributed by atoms with E-state index in [1.165, 1.54) is 18.2 Å². The molecule has 1 heterocycles. The quantitative estimate of drug-likeness (QED) is 0.177. The highest BCUT2D eigenvalue weighted by Crippen LogP contribution is 2.36. The number of nitrogens with one attached hydrogen (secondary N) is 1. The summed E-state index contributed by atoms with van der Waals surface area (Å²) in [5.41, 5.74) is 1.49. The molecule has 10 nitrogen and oxygen atoms in total. The van der Waals surface area contributed by atoms with Crippen molar-refractivity contribution >= 4 is 58.2 Å². The lowest BCUT2D eigenvalue weighted by molar-refractivity contribution is -0.122. The number of carboxylic acids is 1. The standard InChI is InChI=1S/C29H25IN2O8/c1-3-38-21-11-9-20(10-12-21)32-27(34)22(26(33)31-29(32)37)13-18-14-23(30)25(24(15-18)39-4-2)40-16-17-5-7-19(8-6-17)28(35)36/h5-15H,3-4,16H2,1-2H3,(H,35,36)(H,31,33,37)/b22-13+. The smallest absolute Gasteiger partial charge is 0.335 e. The maximum atomic E-state index is 13.3. The number of carbonyl (C=O) groups is 4. The number of amides is 4. The predicted molar refractivity (Wildman–Crippen MR) is 155 cm³/mol. The van der Waals surface area contributed by atoms with Gasteiger partial charge in [-0.25, -0.2) is 14.5 Å². The molecule has 0 bridgehead atoms. The molecular weight excluding hydrogens is 631 g/mol. The molecule has 206 valence electrons. The van der Waals surface area contributed by atoms with Crippen molar-refractivity contribution in [2.24, 2.45) is 0 Å². The summed E-state index contributed by atoms with van der Waals surface area (Å²) in [5, 5.41) is 11.3. The number of imide groups is 2. The van der Waals surface area contributed by atoms with E-state index in [1.54, 1.807) is 48.5 Å². The molecule has 0 unspecified atom stereocenters. The second-order valence-electron chi connectivity index (χ2n) is 8.44. The molecule has 1 fully saturated rings. The first-order chi connectivity index (χ1) is 19.2. The Labute approximate surface area is 243 Å². The van der Waals surface area contributed by atoms with Gasteiger partial charge in [-0.2, -0.15) is 0 Å². The minimum Gasteiger partial charge on any atom is -0.494 e. The van der Waals surface area contributed by atoms with Crippen LogP contribution in [0.25, 0.3) is 6.08 Å². The first-order valence-electron chi connectivity index (χ1n) is 12.3. The number of aromatic carboxylic acids is 1. The lowest BCUT2D eigenvalue weighted by Gasteiger charge is -2.26. The summed E-state index contributed by atoms with van der Waals surface area (Å²) in [6.07, 6.45) is 1.39. The van der Waals surface area contributed by atoms with Crippen LogP contribution >= 0.6 is 22.6 Å². The average Bonchev–Trinajstić information content (AvgIpc) is 2.92. The Balaban J connectivity index is 1.61. The lowest BCUT2D eigenvalue weighted by Crippen LogP contribution is -2.54. The Morgan fingerprint density at radius 2 is 1.62 bits per heavy atom. The van der Waals surface area contributed by atoms with Crippen LogP contribution in [0.5, 0.6) is 17.2 Å². The molecular formula is C29H25IN2O8. The van der Waals surface area contributed by atoms with Crippen LogP contribution in [0.15, 0.2) is 66.2 Å².